The molecule has 1 saturated carbocycles. The highest BCUT2D eigenvalue weighted by atomic mass is 15.3. The van der Waals surface area contributed by atoms with Crippen LogP contribution >= 0.6 is 0 Å². The van der Waals surface area contributed by atoms with Gasteiger partial charge in [-0.05, 0) is 51.5 Å². The van der Waals surface area contributed by atoms with E-state index in [1.807, 2.05) is 0 Å². The van der Waals surface area contributed by atoms with Crippen LogP contribution in [0.2, 0.25) is 0 Å². The molecule has 3 fully saturated rings. The third-order valence-corrected chi connectivity index (χ3v) is 5.38. The van der Waals surface area contributed by atoms with E-state index in [1.165, 1.54) is 58.2 Å². The maximum absolute atomic E-state index is 2.87. The molecule has 0 radical (unpaired) electrons. The summed E-state index contributed by atoms with van der Waals surface area (Å²) in [6, 6.07) is 2.57. The molecule has 2 heterocycles. The van der Waals surface area contributed by atoms with Crippen LogP contribution in [0.1, 0.15) is 52.4 Å². The molecule has 3 rings (SSSR count). The van der Waals surface area contributed by atoms with Gasteiger partial charge in [-0.25, -0.2) is 0 Å². The summed E-state index contributed by atoms with van der Waals surface area (Å²) >= 11 is 0. The maximum atomic E-state index is 2.87. The topological polar surface area (TPSA) is 6.48 Å². The van der Waals surface area contributed by atoms with Gasteiger partial charge in [0.15, 0.2) is 0 Å². The van der Waals surface area contributed by atoms with E-state index in [2.05, 4.69) is 23.6 Å². The molecule has 0 N–H and O–H groups in total. The van der Waals surface area contributed by atoms with Gasteiger partial charge in [0.25, 0.3) is 0 Å². The van der Waals surface area contributed by atoms with Gasteiger partial charge in [-0.2, -0.15) is 0 Å². The molecule has 3 unspecified atom stereocenters. The summed E-state index contributed by atoms with van der Waals surface area (Å²) in [6.45, 7) is 8.93. The van der Waals surface area contributed by atoms with Crippen molar-refractivity contribution in [1.29, 1.82) is 0 Å². The predicted octanol–water partition coefficient (Wildman–Crippen LogP) is 2.73. The summed E-state index contributed by atoms with van der Waals surface area (Å²) < 4.78 is 0. The molecule has 0 aromatic carbocycles. The highest BCUT2D eigenvalue weighted by Crippen LogP contribution is 2.38. The Morgan fingerprint density at radius 3 is 2.65 bits per heavy atom. The number of hydrogen-bond donors (Lipinski definition) is 0. The summed E-state index contributed by atoms with van der Waals surface area (Å²) in [5.74, 6) is 1.03. The van der Waals surface area contributed by atoms with Gasteiger partial charge in [0, 0.05) is 31.2 Å². The lowest BCUT2D eigenvalue weighted by atomic mass is 9.94. The Morgan fingerprint density at radius 1 is 1.12 bits per heavy atom. The SMILES string of the molecule is CCC1CN2CCCCC2CN1C(C)C1CC1. The van der Waals surface area contributed by atoms with E-state index in [4.69, 9.17) is 0 Å². The van der Waals surface area contributed by atoms with Crippen molar-refractivity contribution in [2.75, 3.05) is 19.6 Å². The minimum Gasteiger partial charge on any atom is -0.298 e. The molecule has 2 nitrogen and oxygen atoms in total. The molecule has 98 valence electrons. The lowest BCUT2D eigenvalue weighted by Gasteiger charge is -2.50. The zero-order chi connectivity index (χ0) is 11.8. The van der Waals surface area contributed by atoms with Crippen molar-refractivity contribution in [2.24, 2.45) is 5.92 Å². The molecule has 0 amide bonds. The highest BCUT2D eigenvalue weighted by molar-refractivity contribution is 4.95. The first-order chi connectivity index (χ1) is 8.29. The van der Waals surface area contributed by atoms with Crippen LogP contribution in [-0.4, -0.2) is 47.6 Å². The second-order valence-corrected chi connectivity index (χ2v) is 6.48. The van der Waals surface area contributed by atoms with E-state index < -0.39 is 0 Å². The quantitative estimate of drug-likeness (QED) is 0.743. The van der Waals surface area contributed by atoms with E-state index in [0.717, 1.165) is 24.0 Å². The molecule has 0 spiro atoms. The van der Waals surface area contributed by atoms with E-state index in [1.54, 1.807) is 0 Å². The van der Waals surface area contributed by atoms with Crippen LogP contribution in [-0.2, 0) is 0 Å². The van der Waals surface area contributed by atoms with Crippen LogP contribution < -0.4 is 0 Å². The number of fused-ring (bicyclic) bond motifs is 1. The summed E-state index contributed by atoms with van der Waals surface area (Å²) in [7, 11) is 0. The molecular weight excluding hydrogens is 208 g/mol. The fourth-order valence-corrected chi connectivity index (χ4v) is 3.99. The fraction of sp³-hybridized carbons (Fsp3) is 1.00. The lowest BCUT2D eigenvalue weighted by molar-refractivity contribution is -0.0162. The lowest BCUT2D eigenvalue weighted by Crippen LogP contribution is -2.61. The first-order valence-electron chi connectivity index (χ1n) is 7.79. The molecule has 3 atom stereocenters. The molecule has 1 aliphatic carbocycles. The van der Waals surface area contributed by atoms with Crippen molar-refractivity contribution in [3.05, 3.63) is 0 Å². The standard InChI is InChI=1S/C15H28N2/c1-3-14-10-16-9-5-4-6-15(16)11-17(14)12(2)13-7-8-13/h12-15H,3-11H2,1-2H3. The number of piperidine rings is 1. The number of hydrogen-bond acceptors (Lipinski definition) is 2. The third kappa shape index (κ3) is 2.39. The molecule has 0 aromatic rings. The predicted molar refractivity (Wildman–Crippen MR) is 72.2 cm³/mol. The summed E-state index contributed by atoms with van der Waals surface area (Å²) in [5.41, 5.74) is 0. The molecule has 17 heavy (non-hydrogen) atoms. The molecule has 0 aromatic heterocycles. The van der Waals surface area contributed by atoms with E-state index >= 15 is 0 Å². The molecule has 0 bridgehead atoms. The summed E-state index contributed by atoms with van der Waals surface area (Å²) in [5, 5.41) is 0. The third-order valence-electron chi connectivity index (χ3n) is 5.38. The molecule has 2 saturated heterocycles. The van der Waals surface area contributed by atoms with Crippen molar-refractivity contribution in [3.8, 4) is 0 Å². The average molecular weight is 236 g/mol. The van der Waals surface area contributed by atoms with Gasteiger partial charge >= 0.3 is 0 Å². The van der Waals surface area contributed by atoms with Gasteiger partial charge in [0.2, 0.25) is 0 Å². The smallest absolute Gasteiger partial charge is 0.0224 e. The molecule has 2 aliphatic heterocycles. The van der Waals surface area contributed by atoms with E-state index in [9.17, 15) is 0 Å². The van der Waals surface area contributed by atoms with Gasteiger partial charge < -0.3 is 0 Å². The number of piperazine rings is 1. The van der Waals surface area contributed by atoms with Crippen molar-refractivity contribution in [2.45, 2.75) is 70.5 Å². The number of nitrogens with zero attached hydrogens (tertiary/aromatic N) is 2. The van der Waals surface area contributed by atoms with Crippen LogP contribution in [0.5, 0.6) is 0 Å². The van der Waals surface area contributed by atoms with Crippen LogP contribution in [0.4, 0.5) is 0 Å². The van der Waals surface area contributed by atoms with Gasteiger partial charge in [0.1, 0.15) is 0 Å². The highest BCUT2D eigenvalue weighted by Gasteiger charge is 2.40. The second kappa shape index (κ2) is 4.89. The molecule has 3 aliphatic rings. The van der Waals surface area contributed by atoms with Crippen molar-refractivity contribution in [3.63, 3.8) is 0 Å². The van der Waals surface area contributed by atoms with Crippen LogP contribution in [0, 0.1) is 5.92 Å². The van der Waals surface area contributed by atoms with Gasteiger partial charge in [-0.1, -0.05) is 13.3 Å². The minimum absolute atomic E-state index is 0.833. The minimum atomic E-state index is 0.833. The van der Waals surface area contributed by atoms with Crippen molar-refractivity contribution in [1.82, 2.24) is 9.80 Å². The normalized spacial score (nSPS) is 37.8. The Balaban J connectivity index is 1.68. The van der Waals surface area contributed by atoms with Crippen LogP contribution in [0.15, 0.2) is 0 Å². The van der Waals surface area contributed by atoms with Crippen molar-refractivity contribution >= 4 is 0 Å². The molecular formula is C15H28N2. The van der Waals surface area contributed by atoms with Gasteiger partial charge in [-0.3, -0.25) is 9.80 Å². The zero-order valence-electron chi connectivity index (χ0n) is 11.6. The second-order valence-electron chi connectivity index (χ2n) is 6.48. The van der Waals surface area contributed by atoms with E-state index in [-0.39, 0.29) is 0 Å². The Kier molecular flexibility index (Phi) is 3.45. The monoisotopic (exact) mass is 236 g/mol. The average Bonchev–Trinajstić information content (AvgIpc) is 3.20. The first kappa shape index (κ1) is 12.0. The van der Waals surface area contributed by atoms with Gasteiger partial charge in [-0.15, -0.1) is 0 Å². The van der Waals surface area contributed by atoms with Gasteiger partial charge in [0.05, 0.1) is 0 Å². The zero-order valence-corrected chi connectivity index (χ0v) is 11.6. The Bertz CT molecular complexity index is 262. The Morgan fingerprint density at radius 2 is 1.94 bits per heavy atom. The van der Waals surface area contributed by atoms with Crippen molar-refractivity contribution < 1.29 is 0 Å². The first-order valence-corrected chi connectivity index (χ1v) is 7.79. The number of rotatable bonds is 3. The van der Waals surface area contributed by atoms with Crippen LogP contribution in [0.25, 0.3) is 0 Å². The molecule has 2 heteroatoms. The Labute approximate surface area is 106 Å². The fourth-order valence-electron chi connectivity index (χ4n) is 3.99. The Hall–Kier alpha value is -0.0800. The maximum Gasteiger partial charge on any atom is 0.0224 e. The van der Waals surface area contributed by atoms with Crippen LogP contribution in [0.3, 0.4) is 0 Å². The largest absolute Gasteiger partial charge is 0.298 e. The van der Waals surface area contributed by atoms with E-state index in [0.29, 0.717) is 0 Å². The summed E-state index contributed by atoms with van der Waals surface area (Å²) in [6.07, 6.45) is 8.66. The summed E-state index contributed by atoms with van der Waals surface area (Å²) in [4.78, 5) is 5.65.